The molecule has 2 nitrogen and oxygen atoms in total. The average molecular weight is 667 g/mol. The van der Waals surface area contributed by atoms with Gasteiger partial charge in [-0.05, 0) is 35.4 Å². The second kappa shape index (κ2) is 16.3. The van der Waals surface area contributed by atoms with E-state index in [-0.39, 0.29) is 30.2 Å². The predicted octanol–water partition coefficient (Wildman–Crippen LogP) is 2.31. The number of nitrogens with zero attached hydrogens (tertiary/aromatic N) is 2. The van der Waals surface area contributed by atoms with Gasteiger partial charge in [0.25, 0.3) is 0 Å². The van der Waals surface area contributed by atoms with Gasteiger partial charge in [0.05, 0.1) is 11.4 Å². The molecule has 41 heavy (non-hydrogen) atoms. The summed E-state index contributed by atoms with van der Waals surface area (Å²) in [6.45, 7) is 2.35. The van der Waals surface area contributed by atoms with Gasteiger partial charge >= 0.3 is 70.8 Å². The smallest absolute Gasteiger partial charge is 0.0607 e. The van der Waals surface area contributed by atoms with Gasteiger partial charge in [-0.2, -0.15) is 24.3 Å². The summed E-state index contributed by atoms with van der Waals surface area (Å²) in [5, 5.41) is 6.66. The van der Waals surface area contributed by atoms with E-state index in [1.807, 2.05) is 48.8 Å². The Morgan fingerprint density at radius 3 is 1.39 bits per heavy atom. The average Bonchev–Trinajstić information content (AvgIpc) is 3.69. The number of pyridine rings is 2. The quantitative estimate of drug-likeness (QED) is 0.214. The molecule has 0 saturated heterocycles. The normalized spacial score (nSPS) is 9.83. The van der Waals surface area contributed by atoms with E-state index in [0.717, 1.165) is 11.4 Å². The molecule has 0 aliphatic carbocycles. The zero-order valence-electron chi connectivity index (χ0n) is 22.6. The van der Waals surface area contributed by atoms with E-state index in [0.29, 0.717) is 0 Å². The van der Waals surface area contributed by atoms with E-state index in [1.165, 1.54) is 32.7 Å². The summed E-state index contributed by atoms with van der Waals surface area (Å²) in [7, 11) is 0. The van der Waals surface area contributed by atoms with Crippen LogP contribution in [0.1, 0.15) is 0 Å². The van der Waals surface area contributed by atoms with Crippen LogP contribution in [0.3, 0.4) is 0 Å². The molecule has 0 unspecified atom stereocenters. The van der Waals surface area contributed by atoms with E-state index >= 15 is 0 Å². The molecular formula is C35H28Cl2N2SiZr-2. The van der Waals surface area contributed by atoms with Crippen molar-refractivity contribution in [3.63, 3.8) is 0 Å². The van der Waals surface area contributed by atoms with E-state index in [4.69, 9.17) is 0 Å². The first-order valence-corrected chi connectivity index (χ1v) is 18.6. The molecule has 0 amide bonds. The Balaban J connectivity index is 0.000000171. The van der Waals surface area contributed by atoms with Crippen LogP contribution in [0.15, 0.2) is 152 Å². The second-order valence-corrected chi connectivity index (χ2v) is 16.4. The topological polar surface area (TPSA) is 25.8 Å². The summed E-state index contributed by atoms with van der Waals surface area (Å²) >= 11 is 1.69. The summed E-state index contributed by atoms with van der Waals surface area (Å²) in [5.41, 5.74) is 4.36. The van der Waals surface area contributed by atoms with Crippen LogP contribution in [0, 0.1) is 0 Å². The molecule has 0 N–H and O–H groups in total. The van der Waals surface area contributed by atoms with Crippen LogP contribution in [0.4, 0.5) is 0 Å². The Morgan fingerprint density at radius 1 is 0.537 bits per heavy atom. The van der Waals surface area contributed by atoms with Crippen molar-refractivity contribution >= 4 is 32.2 Å². The van der Waals surface area contributed by atoms with E-state index in [1.54, 1.807) is 28.5 Å². The van der Waals surface area contributed by atoms with Gasteiger partial charge in [-0.25, -0.2) is 0 Å². The zero-order chi connectivity index (χ0) is 26.9. The molecule has 0 atom stereocenters. The maximum absolute atomic E-state index is 4.38. The molecule has 2 heterocycles. The molecule has 5 aromatic carbocycles. The Labute approximate surface area is 269 Å². The SMILES string of the molecule is C[Si](=[Zr+2])c1ccccc1.[Cl-].[Cl-].c1ccc(-c2cccc3[cH-]ccc23)nc1.c1ccc(-c2cccc3[cH-]ccc23)nc1. The summed E-state index contributed by atoms with van der Waals surface area (Å²) < 4.78 is 0. The minimum absolute atomic E-state index is 0. The molecule has 7 rings (SSSR count). The van der Waals surface area contributed by atoms with Gasteiger partial charge in [-0.15, -0.1) is 57.9 Å². The van der Waals surface area contributed by atoms with Crippen molar-refractivity contribution in [3.05, 3.63) is 152 Å². The van der Waals surface area contributed by atoms with Crippen LogP contribution in [-0.2, 0) is 23.3 Å². The molecule has 202 valence electrons. The molecule has 0 saturated carbocycles. The molecule has 0 bridgehead atoms. The largest absolute Gasteiger partial charge is 1.00 e. The van der Waals surface area contributed by atoms with Crippen LogP contribution in [0.5, 0.6) is 0 Å². The van der Waals surface area contributed by atoms with Crippen LogP contribution in [0.2, 0.25) is 6.55 Å². The van der Waals surface area contributed by atoms with E-state index in [2.05, 4.69) is 120 Å². The fourth-order valence-corrected chi connectivity index (χ4v) is 6.43. The van der Waals surface area contributed by atoms with Gasteiger partial charge < -0.3 is 24.8 Å². The maximum Gasteiger partial charge on any atom is 0.0607 e. The molecule has 0 aliphatic rings. The minimum Gasteiger partial charge on any atom is -1.00 e. The van der Waals surface area contributed by atoms with Gasteiger partial charge in [-0.3, -0.25) is 9.97 Å². The first-order chi connectivity index (χ1) is 19.2. The number of hydrogen-bond donors (Lipinski definition) is 0. The van der Waals surface area contributed by atoms with Crippen molar-refractivity contribution in [2.75, 3.05) is 0 Å². The number of fused-ring (bicyclic) bond motifs is 2. The number of halogens is 2. The summed E-state index contributed by atoms with van der Waals surface area (Å²) in [6.07, 6.45) is 3.66. The molecule has 0 fully saturated rings. The second-order valence-electron chi connectivity index (χ2n) is 9.09. The molecule has 2 aromatic heterocycles. The van der Waals surface area contributed by atoms with Crippen molar-refractivity contribution in [2.45, 2.75) is 6.55 Å². The molecule has 0 aliphatic heterocycles. The summed E-state index contributed by atoms with van der Waals surface area (Å²) in [5.74, 6) is 0. The molecule has 0 spiro atoms. The van der Waals surface area contributed by atoms with E-state index < -0.39 is 0 Å². The Hall–Kier alpha value is -3.14. The van der Waals surface area contributed by atoms with Crippen molar-refractivity contribution in [3.8, 4) is 22.5 Å². The third-order valence-electron chi connectivity index (χ3n) is 6.45. The first kappa shape index (κ1) is 32.4. The van der Waals surface area contributed by atoms with Crippen LogP contribution < -0.4 is 30.0 Å². The van der Waals surface area contributed by atoms with Crippen molar-refractivity contribution in [1.82, 2.24) is 9.97 Å². The Bertz CT molecular complexity index is 1670. The standard InChI is InChI=1S/2C14H10N.C7H8Si.2ClH.Zr/c2*1-2-10-15-14(9-1)13-8-4-6-11-5-3-7-12(11)13;1-8-7-5-3-2-4-6-7;;;/h2*1-10H;2-6H,1H3;2*1H;/q2*-1;;;;+2/p-2. The van der Waals surface area contributed by atoms with Gasteiger partial charge in [-0.1, -0.05) is 24.3 Å². The fourth-order valence-electron chi connectivity index (χ4n) is 4.50. The van der Waals surface area contributed by atoms with E-state index in [9.17, 15) is 0 Å². The van der Waals surface area contributed by atoms with Crippen LogP contribution in [-0.4, -0.2) is 15.4 Å². The van der Waals surface area contributed by atoms with Crippen molar-refractivity contribution < 1.29 is 48.1 Å². The Kier molecular flexibility index (Phi) is 12.9. The van der Waals surface area contributed by atoms with Gasteiger partial charge in [0.15, 0.2) is 0 Å². The maximum atomic E-state index is 4.38. The summed E-state index contributed by atoms with van der Waals surface area (Å²) in [4.78, 5) is 8.76. The Morgan fingerprint density at radius 2 is 1.00 bits per heavy atom. The number of hydrogen-bond acceptors (Lipinski definition) is 2. The van der Waals surface area contributed by atoms with Crippen LogP contribution in [0.25, 0.3) is 44.1 Å². The number of benzene rings is 3. The molecule has 6 heteroatoms. The van der Waals surface area contributed by atoms with Crippen molar-refractivity contribution in [1.29, 1.82) is 0 Å². The first-order valence-electron chi connectivity index (χ1n) is 12.9. The van der Waals surface area contributed by atoms with Gasteiger partial charge in [0, 0.05) is 12.4 Å². The van der Waals surface area contributed by atoms with Gasteiger partial charge in [0.1, 0.15) is 0 Å². The van der Waals surface area contributed by atoms with Crippen LogP contribution >= 0.6 is 0 Å². The molecule has 7 aromatic rings. The minimum atomic E-state index is -0.122. The third kappa shape index (κ3) is 8.44. The van der Waals surface area contributed by atoms with Gasteiger partial charge in [0.2, 0.25) is 0 Å². The summed E-state index contributed by atoms with van der Waals surface area (Å²) in [6, 6.07) is 48.1. The zero-order valence-corrected chi connectivity index (χ0v) is 27.6. The fraction of sp³-hybridized carbons (Fsp3) is 0.0286. The number of aromatic nitrogens is 2. The molecule has 0 radical (unpaired) electrons. The monoisotopic (exact) mass is 664 g/mol. The third-order valence-corrected chi connectivity index (χ3v) is 9.77. The predicted molar refractivity (Wildman–Crippen MR) is 163 cm³/mol. The molecular weight excluding hydrogens is 639 g/mol. The van der Waals surface area contributed by atoms with Crippen molar-refractivity contribution in [2.24, 2.45) is 0 Å². The number of rotatable bonds is 3.